The summed E-state index contributed by atoms with van der Waals surface area (Å²) >= 11 is 0. The number of hydrogen-bond donors (Lipinski definition) is 2. The lowest BCUT2D eigenvalue weighted by molar-refractivity contribution is -0.286. The summed E-state index contributed by atoms with van der Waals surface area (Å²) in [7, 11) is 0. The Hall–Kier alpha value is -5.04. The van der Waals surface area contributed by atoms with Crippen LogP contribution in [0.3, 0.4) is 0 Å². The number of amides is 1. The van der Waals surface area contributed by atoms with Crippen LogP contribution in [0.2, 0.25) is 0 Å². The van der Waals surface area contributed by atoms with Crippen molar-refractivity contribution >= 4 is 22.5 Å². The number of fused-ring (bicyclic) bond motifs is 3. The lowest BCUT2D eigenvalue weighted by Gasteiger charge is -2.22. The predicted molar refractivity (Wildman–Crippen MR) is 185 cm³/mol. The molecule has 8 rings (SSSR count). The Morgan fingerprint density at radius 3 is 2.23 bits per heavy atom. The summed E-state index contributed by atoms with van der Waals surface area (Å²) in [6.45, 7) is 2.94. The first-order chi connectivity index (χ1) is 25.0. The fourth-order valence-electron chi connectivity index (χ4n) is 7.01. The summed E-state index contributed by atoms with van der Waals surface area (Å²) in [6.07, 6.45) is -3.01. The van der Waals surface area contributed by atoms with Gasteiger partial charge in [0, 0.05) is 34.2 Å². The van der Waals surface area contributed by atoms with Gasteiger partial charge in [-0.05, 0) is 49.1 Å². The SMILES string of the molecule is CC1(C(=O)Nc2cc3cc(C4(COCc5ccccc5)CC4)n(C[C@@H](O)COCc4ccccc4)c3cc2F)COc2cc3c(cc21)OC(F)(F)O3. The van der Waals surface area contributed by atoms with E-state index in [-0.39, 0.29) is 48.1 Å². The second kappa shape index (κ2) is 13.2. The number of hydrogen-bond acceptors (Lipinski definition) is 7. The van der Waals surface area contributed by atoms with Gasteiger partial charge >= 0.3 is 6.29 Å². The summed E-state index contributed by atoms with van der Waals surface area (Å²) in [5.41, 5.74) is 2.08. The molecule has 1 unspecified atom stereocenters. The molecule has 1 saturated carbocycles. The summed E-state index contributed by atoms with van der Waals surface area (Å²) < 4.78 is 72.2. The molecule has 0 saturated heterocycles. The molecule has 2 aliphatic heterocycles. The van der Waals surface area contributed by atoms with E-state index in [4.69, 9.17) is 14.2 Å². The zero-order valence-corrected chi connectivity index (χ0v) is 28.4. The summed E-state index contributed by atoms with van der Waals surface area (Å²) in [4.78, 5) is 13.8. The topological polar surface area (TPSA) is 100 Å². The monoisotopic (exact) mass is 714 g/mol. The van der Waals surface area contributed by atoms with Crippen molar-refractivity contribution in [2.24, 2.45) is 0 Å². The third-order valence-corrected chi connectivity index (χ3v) is 10.1. The Morgan fingerprint density at radius 1 is 0.904 bits per heavy atom. The second-order valence-corrected chi connectivity index (χ2v) is 14.0. The van der Waals surface area contributed by atoms with E-state index in [2.05, 4.69) is 14.8 Å². The maximum absolute atomic E-state index is 16.0. The number of carbonyl (C=O) groups excluding carboxylic acids is 1. The van der Waals surface area contributed by atoms with Crippen LogP contribution >= 0.6 is 0 Å². The fourth-order valence-corrected chi connectivity index (χ4v) is 7.01. The minimum absolute atomic E-state index is 0.0555. The molecule has 270 valence electrons. The van der Waals surface area contributed by atoms with Crippen LogP contribution in [0.5, 0.6) is 17.2 Å². The number of anilines is 1. The Bertz CT molecular complexity index is 2120. The van der Waals surface area contributed by atoms with Gasteiger partial charge in [0.2, 0.25) is 5.91 Å². The highest BCUT2D eigenvalue weighted by Crippen LogP contribution is 2.51. The zero-order valence-electron chi connectivity index (χ0n) is 28.4. The molecule has 0 spiro atoms. The number of rotatable bonds is 13. The van der Waals surface area contributed by atoms with E-state index < -0.39 is 29.5 Å². The minimum Gasteiger partial charge on any atom is -0.492 e. The average molecular weight is 715 g/mol. The number of benzene rings is 4. The smallest absolute Gasteiger partial charge is 0.492 e. The van der Waals surface area contributed by atoms with Crippen LogP contribution in [0.1, 0.15) is 42.1 Å². The lowest BCUT2D eigenvalue weighted by Crippen LogP contribution is -2.39. The van der Waals surface area contributed by atoms with Crippen molar-refractivity contribution in [3.05, 3.63) is 119 Å². The van der Waals surface area contributed by atoms with Gasteiger partial charge in [0.05, 0.1) is 50.3 Å². The minimum atomic E-state index is -3.83. The zero-order chi connectivity index (χ0) is 36.1. The van der Waals surface area contributed by atoms with Crippen LogP contribution in [0.25, 0.3) is 10.9 Å². The lowest BCUT2D eigenvalue weighted by atomic mass is 9.83. The van der Waals surface area contributed by atoms with Crippen LogP contribution < -0.4 is 19.5 Å². The maximum Gasteiger partial charge on any atom is 0.586 e. The number of aliphatic hydroxyl groups is 1. The first kappa shape index (κ1) is 34.1. The number of ether oxygens (including phenoxy) is 5. The molecule has 2 N–H and O–H groups in total. The van der Waals surface area contributed by atoms with E-state index in [1.807, 2.05) is 71.3 Å². The van der Waals surface area contributed by atoms with Gasteiger partial charge in [0.25, 0.3) is 0 Å². The standard InChI is InChI=1S/C40H37F3N2O7/c1-38(23-50-33-18-35-34(16-29(33)38)51-40(42,43)52-35)37(47)44-31-14-27-15-36(39(12-13-39)24-49-21-26-10-6-3-7-11-26)45(32(27)17-30(31)41)19-28(46)22-48-20-25-8-4-2-5-9-25/h2-11,14-18,28,46H,12-13,19-24H2,1H3,(H,44,47)/t28-,38?/m1/s1. The summed E-state index contributed by atoms with van der Waals surface area (Å²) in [5, 5.41) is 14.5. The molecule has 5 aromatic rings. The molecular weight excluding hydrogens is 677 g/mol. The average Bonchev–Trinajstić information content (AvgIpc) is 3.59. The van der Waals surface area contributed by atoms with Gasteiger partial charge in [-0.25, -0.2) is 4.39 Å². The molecule has 1 aliphatic carbocycles. The highest BCUT2D eigenvalue weighted by Gasteiger charge is 2.50. The van der Waals surface area contributed by atoms with Gasteiger partial charge in [-0.2, -0.15) is 0 Å². The van der Waals surface area contributed by atoms with Crippen molar-refractivity contribution in [3.63, 3.8) is 0 Å². The molecule has 52 heavy (non-hydrogen) atoms. The van der Waals surface area contributed by atoms with Crippen LogP contribution in [0.15, 0.2) is 91.0 Å². The Balaban J connectivity index is 1.05. The van der Waals surface area contributed by atoms with Crippen LogP contribution in [0, 0.1) is 5.82 Å². The molecule has 0 radical (unpaired) electrons. The van der Waals surface area contributed by atoms with Gasteiger partial charge in [0.1, 0.15) is 23.6 Å². The van der Waals surface area contributed by atoms with Crippen LogP contribution in [0.4, 0.5) is 18.9 Å². The number of nitrogens with one attached hydrogen (secondary N) is 1. The van der Waals surface area contributed by atoms with E-state index in [1.54, 1.807) is 13.0 Å². The molecule has 4 aromatic carbocycles. The van der Waals surface area contributed by atoms with Crippen molar-refractivity contribution in [1.82, 2.24) is 4.57 Å². The number of halogens is 3. The maximum atomic E-state index is 16.0. The second-order valence-electron chi connectivity index (χ2n) is 14.0. The Kier molecular flexibility index (Phi) is 8.63. The van der Waals surface area contributed by atoms with E-state index >= 15 is 4.39 Å². The fraction of sp³-hybridized carbons (Fsp3) is 0.325. The van der Waals surface area contributed by atoms with Gasteiger partial charge < -0.3 is 38.7 Å². The van der Waals surface area contributed by atoms with Crippen LogP contribution in [-0.2, 0) is 44.9 Å². The molecular formula is C40H37F3N2O7. The van der Waals surface area contributed by atoms with Gasteiger partial charge in [-0.3, -0.25) is 4.79 Å². The first-order valence-corrected chi connectivity index (χ1v) is 17.2. The molecule has 2 atom stereocenters. The Labute approximate surface area is 297 Å². The molecule has 0 bridgehead atoms. The number of alkyl halides is 2. The largest absolute Gasteiger partial charge is 0.586 e. The van der Waals surface area contributed by atoms with Gasteiger partial charge in [-0.1, -0.05) is 60.7 Å². The van der Waals surface area contributed by atoms with E-state index in [9.17, 15) is 18.7 Å². The third-order valence-electron chi connectivity index (χ3n) is 10.1. The molecule has 1 aromatic heterocycles. The molecule has 1 fully saturated rings. The highest BCUT2D eigenvalue weighted by atomic mass is 19.3. The summed E-state index contributed by atoms with van der Waals surface area (Å²) in [6, 6.07) is 27.0. The number of aromatic nitrogens is 1. The molecule has 9 nitrogen and oxygen atoms in total. The molecule has 3 heterocycles. The van der Waals surface area contributed by atoms with Crippen molar-refractivity contribution in [2.45, 2.75) is 62.8 Å². The van der Waals surface area contributed by atoms with E-state index in [1.165, 1.54) is 18.2 Å². The molecule has 3 aliphatic rings. The third kappa shape index (κ3) is 6.57. The van der Waals surface area contributed by atoms with E-state index in [0.29, 0.717) is 36.3 Å². The van der Waals surface area contributed by atoms with Gasteiger partial charge in [-0.15, -0.1) is 8.78 Å². The number of carbonyl (C=O) groups is 1. The number of aliphatic hydroxyl groups excluding tert-OH is 1. The van der Waals surface area contributed by atoms with Crippen molar-refractivity contribution < 1.29 is 46.8 Å². The Morgan fingerprint density at radius 2 is 1.56 bits per heavy atom. The molecule has 12 heteroatoms. The quantitative estimate of drug-likeness (QED) is 0.133. The first-order valence-electron chi connectivity index (χ1n) is 17.2. The predicted octanol–water partition coefficient (Wildman–Crippen LogP) is 7.22. The normalized spacial score (nSPS) is 19.6. The number of nitrogens with zero attached hydrogens (tertiary/aromatic N) is 1. The molecule has 1 amide bonds. The van der Waals surface area contributed by atoms with Crippen molar-refractivity contribution in [3.8, 4) is 17.2 Å². The van der Waals surface area contributed by atoms with Crippen LogP contribution in [-0.4, -0.2) is 47.8 Å². The van der Waals surface area contributed by atoms with Crippen molar-refractivity contribution in [2.75, 3.05) is 25.1 Å². The highest BCUT2D eigenvalue weighted by molar-refractivity contribution is 6.01. The van der Waals surface area contributed by atoms with E-state index in [0.717, 1.165) is 29.7 Å². The van der Waals surface area contributed by atoms with Crippen molar-refractivity contribution in [1.29, 1.82) is 0 Å². The summed E-state index contributed by atoms with van der Waals surface area (Å²) in [5.74, 6) is -1.49. The van der Waals surface area contributed by atoms with Gasteiger partial charge in [0.15, 0.2) is 11.5 Å².